The molecule has 194 valence electrons. The molecular weight excluding hydrogens is 432 g/mol. The van der Waals surface area contributed by atoms with E-state index in [1.807, 2.05) is 7.11 Å². The number of carbonyl (C=O) groups is 1. The van der Waals surface area contributed by atoms with E-state index in [9.17, 15) is 4.79 Å². The van der Waals surface area contributed by atoms with Gasteiger partial charge in [-0.25, -0.2) is 0 Å². The maximum Gasteiger partial charge on any atom is 0.220 e. The van der Waals surface area contributed by atoms with E-state index in [0.29, 0.717) is 30.1 Å². The lowest BCUT2D eigenvalue weighted by molar-refractivity contribution is -0.920. The fourth-order valence-corrected chi connectivity index (χ4v) is 7.58. The van der Waals surface area contributed by atoms with Crippen molar-refractivity contribution in [3.63, 3.8) is 0 Å². The molecule has 0 aromatic rings. The van der Waals surface area contributed by atoms with Gasteiger partial charge in [-0.2, -0.15) is 5.48 Å². The van der Waals surface area contributed by atoms with E-state index < -0.39 is 0 Å². The molecule has 0 aromatic carbocycles. The summed E-state index contributed by atoms with van der Waals surface area (Å²) >= 11 is 0. The van der Waals surface area contributed by atoms with Crippen LogP contribution in [-0.4, -0.2) is 81.3 Å². The van der Waals surface area contributed by atoms with Gasteiger partial charge >= 0.3 is 0 Å². The molecule has 0 radical (unpaired) electrons. The monoisotopic (exact) mass is 480 g/mol. The van der Waals surface area contributed by atoms with E-state index in [0.717, 1.165) is 38.9 Å². The third kappa shape index (κ3) is 5.61. The van der Waals surface area contributed by atoms with Crippen molar-refractivity contribution in [1.29, 1.82) is 0 Å². The van der Waals surface area contributed by atoms with Crippen LogP contribution < -0.4 is 26.7 Å². The summed E-state index contributed by atoms with van der Waals surface area (Å²) in [7, 11) is 1.89. The van der Waals surface area contributed by atoms with Gasteiger partial charge in [-0.1, -0.05) is 12.8 Å². The van der Waals surface area contributed by atoms with Crippen molar-refractivity contribution in [3.8, 4) is 0 Å². The number of amides is 1. The molecule has 4 heterocycles. The van der Waals surface area contributed by atoms with Gasteiger partial charge in [0, 0.05) is 63.6 Å². The molecule has 5 fully saturated rings. The van der Waals surface area contributed by atoms with Crippen LogP contribution in [0.4, 0.5) is 0 Å². The molecule has 4 aliphatic heterocycles. The highest BCUT2D eigenvalue weighted by Crippen LogP contribution is 2.27. The average Bonchev–Trinajstić information content (AvgIpc) is 3.54. The van der Waals surface area contributed by atoms with Crippen molar-refractivity contribution in [2.45, 2.75) is 94.9 Å². The topological polar surface area (TPSA) is 110 Å². The molecule has 8 unspecified atom stereocenters. The summed E-state index contributed by atoms with van der Waals surface area (Å²) in [4.78, 5) is 22.0. The normalized spacial score (nSPS) is 42.7. The lowest BCUT2D eigenvalue weighted by Gasteiger charge is -2.39. The Balaban J connectivity index is 1.12. The molecule has 9 heteroatoms. The van der Waals surface area contributed by atoms with E-state index in [4.69, 9.17) is 15.3 Å². The molecule has 5 rings (SSSR count). The SMILES string of the molecule is COC1CCCCC1C[NH+]1CCCC1C1NC(C2CC[NH2+]C(N3CCC(C(N)=O)CC3)C2)NO1. The molecule has 0 spiro atoms. The summed E-state index contributed by atoms with van der Waals surface area (Å²) in [6, 6.07) is 0.524. The molecule has 8 atom stereocenters. The second kappa shape index (κ2) is 11.5. The van der Waals surface area contributed by atoms with Crippen LogP contribution in [0.2, 0.25) is 0 Å². The Hall–Kier alpha value is -0.810. The maximum absolute atomic E-state index is 11.5. The number of methoxy groups -OCH3 is 1. The first-order valence-electron chi connectivity index (χ1n) is 14.0. The van der Waals surface area contributed by atoms with Crippen LogP contribution in [0, 0.1) is 17.8 Å². The summed E-state index contributed by atoms with van der Waals surface area (Å²) in [6.45, 7) is 5.59. The lowest BCUT2D eigenvalue weighted by Crippen LogP contribution is -3.16. The number of primary amides is 1. The van der Waals surface area contributed by atoms with Crippen molar-refractivity contribution < 1.29 is 24.6 Å². The van der Waals surface area contributed by atoms with Crippen molar-refractivity contribution in [2.75, 3.05) is 39.8 Å². The number of nitrogens with one attached hydrogen (secondary N) is 3. The minimum absolute atomic E-state index is 0.0626. The Labute approximate surface area is 204 Å². The molecule has 1 aliphatic carbocycles. The largest absolute Gasteiger partial charge is 0.381 e. The van der Waals surface area contributed by atoms with Crippen LogP contribution in [0.25, 0.3) is 0 Å². The van der Waals surface area contributed by atoms with E-state index >= 15 is 0 Å². The number of hydrogen-bond acceptors (Lipinski definition) is 6. The smallest absolute Gasteiger partial charge is 0.220 e. The number of quaternary nitrogens is 2. The van der Waals surface area contributed by atoms with E-state index in [1.54, 1.807) is 4.90 Å². The molecule has 0 bridgehead atoms. The minimum atomic E-state index is -0.128. The highest BCUT2D eigenvalue weighted by atomic mass is 16.7. The van der Waals surface area contributed by atoms with Gasteiger partial charge in [-0.15, -0.1) is 0 Å². The van der Waals surface area contributed by atoms with Crippen LogP contribution in [0.5, 0.6) is 0 Å². The minimum Gasteiger partial charge on any atom is -0.381 e. The van der Waals surface area contributed by atoms with Crippen LogP contribution in [0.1, 0.15) is 64.2 Å². The van der Waals surface area contributed by atoms with Crippen LogP contribution in [0.15, 0.2) is 0 Å². The fraction of sp³-hybridized carbons (Fsp3) is 0.960. The predicted octanol–water partition coefficient (Wildman–Crippen LogP) is -1.49. The Kier molecular flexibility index (Phi) is 8.41. The lowest BCUT2D eigenvalue weighted by atomic mass is 9.86. The van der Waals surface area contributed by atoms with Crippen LogP contribution in [-0.2, 0) is 14.4 Å². The number of hydroxylamine groups is 1. The van der Waals surface area contributed by atoms with Crippen LogP contribution in [0.3, 0.4) is 0 Å². The van der Waals surface area contributed by atoms with Crippen molar-refractivity contribution >= 4 is 5.91 Å². The van der Waals surface area contributed by atoms with E-state index in [2.05, 4.69) is 21.0 Å². The van der Waals surface area contributed by atoms with Gasteiger partial charge in [0.15, 0.2) is 6.23 Å². The highest BCUT2D eigenvalue weighted by Gasteiger charge is 2.45. The first kappa shape index (κ1) is 24.9. The standard InChI is InChI=1S/C25H46N6O3/c1-33-21-7-3-2-5-19(21)16-31-12-4-6-20(31)25-28-24(29-34-25)18-8-11-27-22(15-18)30-13-9-17(10-14-30)23(26)32/h17-22,24-25,27-29H,2-16H2,1H3,(H2,26,32)/p+2. The van der Waals surface area contributed by atoms with Gasteiger partial charge in [0.25, 0.3) is 0 Å². The Bertz CT molecular complexity index is 675. The number of ether oxygens (including phenoxy) is 1. The molecule has 34 heavy (non-hydrogen) atoms. The second-order valence-corrected chi connectivity index (χ2v) is 11.6. The molecule has 5 aliphatic rings. The zero-order valence-corrected chi connectivity index (χ0v) is 21.1. The zero-order valence-electron chi connectivity index (χ0n) is 21.1. The zero-order chi connectivity index (χ0) is 23.5. The summed E-state index contributed by atoms with van der Waals surface area (Å²) in [6.07, 6.45) is 13.2. The molecule has 0 aromatic heterocycles. The van der Waals surface area contributed by atoms with Gasteiger partial charge < -0.3 is 20.7 Å². The molecule has 1 saturated carbocycles. The average molecular weight is 481 g/mol. The maximum atomic E-state index is 11.5. The first-order chi connectivity index (χ1) is 16.6. The van der Waals surface area contributed by atoms with Gasteiger partial charge in [-0.05, 0) is 25.7 Å². The molecule has 9 nitrogen and oxygen atoms in total. The fourth-order valence-electron chi connectivity index (χ4n) is 7.58. The number of rotatable bonds is 7. The van der Waals surface area contributed by atoms with Crippen LogP contribution >= 0.6 is 0 Å². The molecule has 1 amide bonds. The van der Waals surface area contributed by atoms with Crippen molar-refractivity contribution in [3.05, 3.63) is 0 Å². The third-order valence-corrected chi connectivity index (χ3v) is 9.63. The van der Waals surface area contributed by atoms with Gasteiger partial charge in [0.2, 0.25) is 5.91 Å². The quantitative estimate of drug-likeness (QED) is 0.304. The summed E-state index contributed by atoms with van der Waals surface area (Å²) in [5, 5.41) is 6.36. The molecule has 7 N–H and O–H groups in total. The summed E-state index contributed by atoms with van der Waals surface area (Å²) in [5.41, 5.74) is 8.93. The Morgan fingerprint density at radius 3 is 2.76 bits per heavy atom. The predicted molar refractivity (Wildman–Crippen MR) is 128 cm³/mol. The summed E-state index contributed by atoms with van der Waals surface area (Å²) in [5.74, 6) is 1.19. The number of nitrogens with zero attached hydrogens (tertiary/aromatic N) is 1. The third-order valence-electron chi connectivity index (χ3n) is 9.63. The summed E-state index contributed by atoms with van der Waals surface area (Å²) < 4.78 is 5.85. The van der Waals surface area contributed by atoms with Gasteiger partial charge in [-0.3, -0.25) is 19.8 Å². The number of carbonyl (C=O) groups excluding carboxylic acids is 1. The van der Waals surface area contributed by atoms with E-state index in [-0.39, 0.29) is 24.2 Å². The number of nitrogens with two attached hydrogens (primary N) is 2. The first-order valence-corrected chi connectivity index (χ1v) is 14.0. The highest BCUT2D eigenvalue weighted by molar-refractivity contribution is 5.76. The van der Waals surface area contributed by atoms with Crippen molar-refractivity contribution in [2.24, 2.45) is 23.5 Å². The number of likely N-dealkylation sites (tertiary alicyclic amines) is 2. The Morgan fingerprint density at radius 2 is 1.97 bits per heavy atom. The van der Waals surface area contributed by atoms with Crippen molar-refractivity contribution in [1.82, 2.24) is 15.7 Å². The molecular formula is C25H48N6O3+2. The molecule has 4 saturated heterocycles. The van der Waals surface area contributed by atoms with Gasteiger partial charge in [0.1, 0.15) is 12.2 Å². The Morgan fingerprint density at radius 1 is 1.15 bits per heavy atom. The second-order valence-electron chi connectivity index (χ2n) is 11.6. The van der Waals surface area contributed by atoms with E-state index in [1.165, 1.54) is 58.0 Å². The van der Waals surface area contributed by atoms with Gasteiger partial charge in [0.05, 0.1) is 31.9 Å². The number of piperidine rings is 2. The number of hydrogen-bond donors (Lipinski definition) is 5.